The number of unbranched alkanes of at least 4 members (excludes halogenated alkanes) is 1. The minimum atomic E-state index is -0.986. The third kappa shape index (κ3) is 6.80. The lowest BCUT2D eigenvalue weighted by atomic mass is 10.3. The van der Waals surface area contributed by atoms with Crippen molar-refractivity contribution in [1.82, 2.24) is 0 Å². The maximum atomic E-state index is 11.2. The number of hydrogen-bond acceptors (Lipinski definition) is 6. The molecule has 0 aliphatic heterocycles. The van der Waals surface area contributed by atoms with E-state index in [1.54, 1.807) is 0 Å². The third-order valence-corrected chi connectivity index (χ3v) is 1.65. The number of rotatable bonds is 8. The first kappa shape index (κ1) is 14.4. The zero-order chi connectivity index (χ0) is 12.4. The van der Waals surface area contributed by atoms with Crippen LogP contribution in [-0.4, -0.2) is 37.7 Å². The maximum Gasteiger partial charge on any atom is 0.347 e. The van der Waals surface area contributed by atoms with Gasteiger partial charge >= 0.3 is 11.9 Å². The number of carbonyl (C=O) groups is 3. The largest absolute Gasteiger partial charge is 0.463 e. The van der Waals surface area contributed by atoms with Gasteiger partial charge in [0.15, 0.2) is 12.7 Å². The van der Waals surface area contributed by atoms with Crippen LogP contribution in [0, 0.1) is 0 Å². The highest BCUT2D eigenvalue weighted by atomic mass is 16.6. The molecule has 0 saturated heterocycles. The molecule has 0 bridgehead atoms. The third-order valence-electron chi connectivity index (χ3n) is 1.65. The van der Waals surface area contributed by atoms with Crippen molar-refractivity contribution in [2.45, 2.75) is 32.8 Å². The highest BCUT2D eigenvalue weighted by Gasteiger charge is 2.19. The van der Waals surface area contributed by atoms with Gasteiger partial charge in [0.05, 0.1) is 6.61 Å². The minimum Gasteiger partial charge on any atom is -0.463 e. The van der Waals surface area contributed by atoms with Crippen molar-refractivity contribution in [3.05, 3.63) is 0 Å². The molecule has 0 radical (unpaired) electrons. The molecule has 0 aliphatic rings. The lowest BCUT2D eigenvalue weighted by Crippen LogP contribution is -2.28. The second-order valence-corrected chi connectivity index (χ2v) is 3.06. The second-order valence-electron chi connectivity index (χ2n) is 3.06. The molecule has 0 rings (SSSR count). The summed E-state index contributed by atoms with van der Waals surface area (Å²) in [4.78, 5) is 31.9. The summed E-state index contributed by atoms with van der Waals surface area (Å²) in [5, 5.41) is 0. The Morgan fingerprint density at radius 2 is 2.06 bits per heavy atom. The van der Waals surface area contributed by atoms with Crippen LogP contribution in [0.3, 0.4) is 0 Å². The molecule has 0 saturated carbocycles. The molecule has 0 N–H and O–H groups in total. The zero-order valence-electron chi connectivity index (χ0n) is 9.43. The number of esters is 2. The van der Waals surface area contributed by atoms with Gasteiger partial charge < -0.3 is 14.2 Å². The van der Waals surface area contributed by atoms with Crippen LogP contribution in [-0.2, 0) is 28.6 Å². The molecule has 0 aromatic heterocycles. The van der Waals surface area contributed by atoms with Gasteiger partial charge in [0.25, 0.3) is 6.47 Å². The van der Waals surface area contributed by atoms with Gasteiger partial charge in [-0.3, -0.25) is 4.79 Å². The van der Waals surface area contributed by atoms with E-state index in [9.17, 15) is 14.4 Å². The summed E-state index contributed by atoms with van der Waals surface area (Å²) >= 11 is 0. The summed E-state index contributed by atoms with van der Waals surface area (Å²) < 4.78 is 13.6. The van der Waals surface area contributed by atoms with Crippen molar-refractivity contribution in [2.75, 3.05) is 13.2 Å². The Morgan fingerprint density at radius 3 is 2.62 bits per heavy atom. The molecule has 0 aromatic rings. The van der Waals surface area contributed by atoms with E-state index in [1.165, 1.54) is 6.92 Å². The molecule has 6 heteroatoms. The number of ether oxygens (including phenoxy) is 3. The molecule has 16 heavy (non-hydrogen) atoms. The summed E-state index contributed by atoms with van der Waals surface area (Å²) in [6.07, 6.45) is 0.689. The molecule has 0 heterocycles. The van der Waals surface area contributed by atoms with E-state index in [2.05, 4.69) is 9.47 Å². The van der Waals surface area contributed by atoms with Gasteiger partial charge in [-0.15, -0.1) is 0 Å². The minimum absolute atomic E-state index is 0.130. The molecule has 0 aromatic carbocycles. The quantitative estimate of drug-likeness (QED) is 0.261. The van der Waals surface area contributed by atoms with Crippen molar-refractivity contribution in [1.29, 1.82) is 0 Å². The monoisotopic (exact) mass is 232 g/mol. The lowest BCUT2D eigenvalue weighted by Gasteiger charge is -2.11. The van der Waals surface area contributed by atoms with Crippen molar-refractivity contribution >= 4 is 18.4 Å². The van der Waals surface area contributed by atoms with Gasteiger partial charge in [-0.1, -0.05) is 13.3 Å². The molecule has 92 valence electrons. The van der Waals surface area contributed by atoms with Crippen LogP contribution in [0.1, 0.15) is 26.7 Å². The highest BCUT2D eigenvalue weighted by molar-refractivity contribution is 5.79. The number of hydrogen-bond donors (Lipinski definition) is 0. The first-order valence-electron chi connectivity index (χ1n) is 5.03. The molecule has 6 nitrogen and oxygen atoms in total. The summed E-state index contributed by atoms with van der Waals surface area (Å²) in [5.41, 5.74) is 0. The summed E-state index contributed by atoms with van der Waals surface area (Å²) in [6, 6.07) is 0. The number of carbonyl (C=O) groups excluding carboxylic acids is 3. The Bertz CT molecular complexity index is 237. The van der Waals surface area contributed by atoms with Crippen molar-refractivity contribution in [3.8, 4) is 0 Å². The smallest absolute Gasteiger partial charge is 0.347 e. The van der Waals surface area contributed by atoms with Crippen molar-refractivity contribution in [3.63, 3.8) is 0 Å². The van der Waals surface area contributed by atoms with Crippen LogP contribution in [0.4, 0.5) is 0 Å². The van der Waals surface area contributed by atoms with Gasteiger partial charge in [0, 0.05) is 0 Å². The Morgan fingerprint density at radius 1 is 1.38 bits per heavy atom. The van der Waals surface area contributed by atoms with Crippen LogP contribution in [0.25, 0.3) is 0 Å². The Hall–Kier alpha value is -1.59. The molecule has 0 amide bonds. The fraction of sp³-hybridized carbons (Fsp3) is 0.700. The Labute approximate surface area is 93.8 Å². The van der Waals surface area contributed by atoms with Gasteiger partial charge in [0.1, 0.15) is 0 Å². The summed E-state index contributed by atoms with van der Waals surface area (Å²) in [7, 11) is 0. The van der Waals surface area contributed by atoms with E-state index >= 15 is 0 Å². The Balaban J connectivity index is 3.76. The predicted octanol–water partition coefficient (Wildman–Crippen LogP) is 0.434. The lowest BCUT2D eigenvalue weighted by molar-refractivity contribution is -0.169. The van der Waals surface area contributed by atoms with E-state index in [4.69, 9.17) is 4.74 Å². The first-order chi connectivity index (χ1) is 7.61. The normalized spacial score (nSPS) is 11.4. The van der Waals surface area contributed by atoms with E-state index in [-0.39, 0.29) is 6.47 Å². The molecule has 0 aliphatic carbocycles. The van der Waals surface area contributed by atoms with E-state index in [0.717, 1.165) is 12.8 Å². The molecular formula is C10H16O6. The average molecular weight is 232 g/mol. The Kier molecular flexibility index (Phi) is 7.83. The predicted molar refractivity (Wildman–Crippen MR) is 53.4 cm³/mol. The molecular weight excluding hydrogens is 216 g/mol. The summed E-state index contributed by atoms with van der Waals surface area (Å²) in [6.45, 7) is 3.30. The van der Waals surface area contributed by atoms with E-state index < -0.39 is 24.6 Å². The molecule has 0 fully saturated rings. The first-order valence-corrected chi connectivity index (χ1v) is 5.03. The summed E-state index contributed by atoms with van der Waals surface area (Å²) in [5.74, 6) is -1.39. The van der Waals surface area contributed by atoms with Gasteiger partial charge in [-0.25, -0.2) is 9.59 Å². The molecule has 1 unspecified atom stereocenters. The van der Waals surface area contributed by atoms with Gasteiger partial charge in [-0.05, 0) is 13.3 Å². The standard InChI is InChI=1S/C10H16O6/c1-3-4-5-15-10(13)8(2)16-9(12)6-14-7-11/h7-8H,3-6H2,1-2H3. The fourth-order valence-corrected chi connectivity index (χ4v) is 0.816. The zero-order valence-corrected chi connectivity index (χ0v) is 9.43. The van der Waals surface area contributed by atoms with Crippen LogP contribution < -0.4 is 0 Å². The fourth-order valence-electron chi connectivity index (χ4n) is 0.816. The molecule has 1 atom stereocenters. The van der Waals surface area contributed by atoms with E-state index in [0.29, 0.717) is 6.61 Å². The second kappa shape index (κ2) is 8.70. The van der Waals surface area contributed by atoms with Gasteiger partial charge in [0.2, 0.25) is 0 Å². The SMILES string of the molecule is CCCCOC(=O)C(C)OC(=O)COC=O. The van der Waals surface area contributed by atoms with Gasteiger partial charge in [-0.2, -0.15) is 0 Å². The van der Waals surface area contributed by atoms with Crippen LogP contribution in [0.2, 0.25) is 0 Å². The van der Waals surface area contributed by atoms with E-state index in [1.807, 2.05) is 6.92 Å². The highest BCUT2D eigenvalue weighted by Crippen LogP contribution is 1.98. The molecule has 0 spiro atoms. The average Bonchev–Trinajstić information content (AvgIpc) is 2.26. The van der Waals surface area contributed by atoms with Crippen LogP contribution in [0.5, 0.6) is 0 Å². The van der Waals surface area contributed by atoms with Crippen LogP contribution in [0.15, 0.2) is 0 Å². The topological polar surface area (TPSA) is 78.9 Å². The van der Waals surface area contributed by atoms with Crippen LogP contribution >= 0.6 is 0 Å². The van der Waals surface area contributed by atoms with Crippen molar-refractivity contribution < 1.29 is 28.6 Å². The maximum absolute atomic E-state index is 11.2. The van der Waals surface area contributed by atoms with Crippen molar-refractivity contribution in [2.24, 2.45) is 0 Å².